The molecule has 3 aromatic rings. The molecule has 1 unspecified atom stereocenters. The van der Waals surface area contributed by atoms with E-state index in [0.29, 0.717) is 70.2 Å². The van der Waals surface area contributed by atoms with Crippen LogP contribution in [0.4, 0.5) is 5.69 Å². The molecule has 0 spiro atoms. The number of hydrogen-bond donors (Lipinski definition) is 5. The van der Waals surface area contributed by atoms with Crippen LogP contribution in [0.5, 0.6) is 0 Å². The van der Waals surface area contributed by atoms with Crippen LogP contribution >= 0.6 is 0 Å². The Morgan fingerprint density at radius 1 is 0.807 bits per heavy atom. The Balaban J connectivity index is 1.16. The van der Waals surface area contributed by atoms with Gasteiger partial charge in [-0.1, -0.05) is 50.6 Å². The molecule has 0 saturated carbocycles. The zero-order valence-corrected chi connectivity index (χ0v) is 33.1. The lowest BCUT2D eigenvalue weighted by Crippen LogP contribution is -2.63. The summed E-state index contributed by atoms with van der Waals surface area (Å²) in [5, 5.41) is 21.1. The number of carbonyl (C=O) groups excluding carboxylic acids is 5. The summed E-state index contributed by atoms with van der Waals surface area (Å²) in [7, 11) is 0. The van der Waals surface area contributed by atoms with Crippen LogP contribution in [0, 0.1) is 5.92 Å². The molecule has 57 heavy (non-hydrogen) atoms. The Labute approximate surface area is 333 Å². The van der Waals surface area contributed by atoms with Gasteiger partial charge in [0.1, 0.15) is 36.3 Å². The third-order valence-corrected chi connectivity index (χ3v) is 11.9. The summed E-state index contributed by atoms with van der Waals surface area (Å²) in [6, 6.07) is 8.56. The first kappa shape index (κ1) is 41.2. The van der Waals surface area contributed by atoms with Gasteiger partial charge in [-0.05, 0) is 87.1 Å². The van der Waals surface area contributed by atoms with Crippen LogP contribution in [0.25, 0.3) is 10.8 Å². The Morgan fingerprint density at radius 3 is 2.18 bits per heavy atom. The minimum Gasteiger partial charge on any atom is -0.480 e. The quantitative estimate of drug-likeness (QED) is 0.163. The van der Waals surface area contributed by atoms with Gasteiger partial charge in [0.2, 0.25) is 29.5 Å². The van der Waals surface area contributed by atoms with Gasteiger partial charge in [-0.15, -0.1) is 0 Å². The summed E-state index contributed by atoms with van der Waals surface area (Å²) in [5.74, 6) is -3.30. The van der Waals surface area contributed by atoms with Crippen LogP contribution in [0.3, 0.4) is 0 Å². The van der Waals surface area contributed by atoms with Crippen LogP contribution in [0.2, 0.25) is 0 Å². The number of rotatable bonds is 14. The van der Waals surface area contributed by atoms with Crippen molar-refractivity contribution in [3.8, 4) is 0 Å². The molecule has 3 fully saturated rings. The van der Waals surface area contributed by atoms with Gasteiger partial charge in [-0.3, -0.25) is 24.0 Å². The van der Waals surface area contributed by atoms with Gasteiger partial charge in [0.15, 0.2) is 0 Å². The largest absolute Gasteiger partial charge is 0.480 e. The maximum absolute atomic E-state index is 14.6. The van der Waals surface area contributed by atoms with Crippen molar-refractivity contribution >= 4 is 52.0 Å². The monoisotopic (exact) mass is 784 g/mol. The van der Waals surface area contributed by atoms with E-state index in [1.807, 2.05) is 56.3 Å². The Hall–Kier alpha value is -5.47. The van der Waals surface area contributed by atoms with Gasteiger partial charge in [-0.25, -0.2) is 9.78 Å². The lowest BCUT2D eigenvalue weighted by Gasteiger charge is -2.43. The van der Waals surface area contributed by atoms with Crippen molar-refractivity contribution in [1.82, 2.24) is 35.3 Å². The third-order valence-electron chi connectivity index (χ3n) is 11.9. The predicted molar refractivity (Wildman–Crippen MR) is 214 cm³/mol. The highest BCUT2D eigenvalue weighted by molar-refractivity contribution is 5.97. The number of hydrogen-bond acceptors (Lipinski definition) is 8. The number of H-pyrrole nitrogens is 1. The number of aromatic nitrogens is 2. The van der Waals surface area contributed by atoms with Crippen molar-refractivity contribution in [3.63, 3.8) is 0 Å². The molecule has 3 saturated heterocycles. The number of imidazole rings is 1. The summed E-state index contributed by atoms with van der Waals surface area (Å²) in [4.78, 5) is 94.1. The number of nitrogens with one attached hydrogen (secondary N) is 4. The summed E-state index contributed by atoms with van der Waals surface area (Å²) in [5.41, 5.74) is 1.37. The highest BCUT2D eigenvalue weighted by Gasteiger charge is 2.44. The van der Waals surface area contributed by atoms with Crippen LogP contribution in [0.15, 0.2) is 55.0 Å². The lowest BCUT2D eigenvalue weighted by atomic mass is 9.92. The number of nitrogens with zero attached hydrogens (tertiary/aromatic N) is 4. The van der Waals surface area contributed by atoms with Crippen LogP contribution in [-0.4, -0.2) is 121 Å². The normalized spacial score (nSPS) is 21.9. The second-order valence-electron chi connectivity index (χ2n) is 15.8. The van der Waals surface area contributed by atoms with Crippen LogP contribution < -0.4 is 16.0 Å². The number of benzene rings is 2. The van der Waals surface area contributed by atoms with Crippen molar-refractivity contribution < 1.29 is 33.9 Å². The highest BCUT2D eigenvalue weighted by Crippen LogP contribution is 2.27. The lowest BCUT2D eigenvalue weighted by molar-refractivity contribution is -0.155. The zero-order valence-electron chi connectivity index (χ0n) is 33.1. The number of aliphatic carboxylic acids is 1. The molecule has 0 aliphatic carbocycles. The molecular formula is C42H56N8O7. The minimum atomic E-state index is -1.09. The molecule has 4 heterocycles. The molecule has 5 N–H and O–H groups in total. The SMILES string of the molecule is CCC(C)[C@H](NC(=O)[C@@H](C)Nc1ccc2ccccc2c1)C(=O)N1CCCC[C@@H]1C(=O)N1CCCC[C@H]1C(=O)N[C@@H](Cc1cnc[nH]1)C(=O)N1CCC[C@H]1C(=O)O. The molecule has 0 radical (unpaired) electrons. The maximum Gasteiger partial charge on any atom is 0.326 e. The number of amides is 5. The first-order valence-corrected chi connectivity index (χ1v) is 20.4. The van der Waals surface area contributed by atoms with E-state index >= 15 is 0 Å². The topological polar surface area (TPSA) is 197 Å². The average Bonchev–Trinajstić information content (AvgIpc) is 3.95. The van der Waals surface area contributed by atoms with E-state index in [4.69, 9.17) is 0 Å². The number of carboxylic acid groups (broad SMARTS) is 1. The zero-order chi connectivity index (χ0) is 40.6. The molecule has 15 heteroatoms. The first-order valence-electron chi connectivity index (χ1n) is 20.4. The van der Waals surface area contributed by atoms with E-state index in [0.717, 1.165) is 22.9 Å². The number of carbonyl (C=O) groups is 6. The maximum atomic E-state index is 14.6. The van der Waals surface area contributed by atoms with E-state index in [2.05, 4.69) is 25.9 Å². The predicted octanol–water partition coefficient (Wildman–Crippen LogP) is 3.46. The highest BCUT2D eigenvalue weighted by atomic mass is 16.4. The summed E-state index contributed by atoms with van der Waals surface area (Å²) in [6.07, 6.45) is 8.15. The van der Waals surface area contributed by atoms with E-state index in [1.54, 1.807) is 22.9 Å². The molecule has 3 aliphatic heterocycles. The summed E-state index contributed by atoms with van der Waals surface area (Å²) >= 11 is 0. The molecule has 5 amide bonds. The van der Waals surface area contributed by atoms with Crippen molar-refractivity contribution in [3.05, 3.63) is 60.7 Å². The molecule has 306 valence electrons. The summed E-state index contributed by atoms with van der Waals surface area (Å²) in [6.45, 7) is 6.54. The molecule has 6 rings (SSSR count). The van der Waals surface area contributed by atoms with Gasteiger partial charge in [0.05, 0.1) is 6.33 Å². The fourth-order valence-electron chi connectivity index (χ4n) is 8.42. The Morgan fingerprint density at radius 2 is 1.47 bits per heavy atom. The number of piperidine rings is 2. The van der Waals surface area contributed by atoms with E-state index in [-0.39, 0.29) is 36.6 Å². The Kier molecular flexibility index (Phi) is 13.5. The second-order valence-corrected chi connectivity index (χ2v) is 15.8. The van der Waals surface area contributed by atoms with E-state index in [9.17, 15) is 33.9 Å². The summed E-state index contributed by atoms with van der Waals surface area (Å²) < 4.78 is 0. The third kappa shape index (κ3) is 9.57. The molecular weight excluding hydrogens is 729 g/mol. The molecule has 15 nitrogen and oxygen atoms in total. The molecule has 0 bridgehead atoms. The van der Waals surface area contributed by atoms with Crippen molar-refractivity contribution in [2.45, 2.75) is 121 Å². The molecule has 3 aliphatic rings. The smallest absolute Gasteiger partial charge is 0.326 e. The standard InChI is InChI=1S/C42H56N8O7/c1-4-26(2)36(47-37(51)27(3)45-30-18-17-28-12-5-6-13-29(28)22-30)41(55)49-20-10-8-15-34(49)40(54)48-19-9-7-14-33(48)38(52)46-32(23-31-24-43-25-44-31)39(53)50-21-11-16-35(50)42(56)57/h5-6,12-13,17-18,22,24-27,32-36,45H,4,7-11,14-16,19-21,23H2,1-3H3,(H,43,44)(H,46,52)(H,47,51)(H,56,57)/t26?,27-,32+,33+,34-,35+,36+/m1/s1. The number of likely N-dealkylation sites (tertiary alicyclic amines) is 3. The van der Waals surface area contributed by atoms with Crippen molar-refractivity contribution in [2.24, 2.45) is 5.92 Å². The van der Waals surface area contributed by atoms with Crippen molar-refractivity contribution in [1.29, 1.82) is 0 Å². The van der Waals surface area contributed by atoms with Gasteiger partial charge in [0.25, 0.3) is 0 Å². The number of anilines is 1. The molecule has 7 atom stereocenters. The van der Waals surface area contributed by atoms with Gasteiger partial charge in [-0.2, -0.15) is 0 Å². The van der Waals surface area contributed by atoms with E-state index in [1.165, 1.54) is 11.2 Å². The number of fused-ring (bicyclic) bond motifs is 1. The van der Waals surface area contributed by atoms with Gasteiger partial charge >= 0.3 is 5.97 Å². The fraction of sp³-hybridized carbons (Fsp3) is 0.548. The van der Waals surface area contributed by atoms with Gasteiger partial charge < -0.3 is 40.7 Å². The van der Waals surface area contributed by atoms with Gasteiger partial charge in [0, 0.05) is 43.6 Å². The van der Waals surface area contributed by atoms with E-state index < -0.39 is 54.0 Å². The van der Waals surface area contributed by atoms with Crippen LogP contribution in [0.1, 0.15) is 84.3 Å². The molecule has 1 aromatic heterocycles. The number of aromatic amines is 1. The second kappa shape index (κ2) is 18.6. The first-order chi connectivity index (χ1) is 27.5. The molecule has 2 aromatic carbocycles. The van der Waals surface area contributed by atoms with Crippen molar-refractivity contribution in [2.75, 3.05) is 25.0 Å². The van der Waals surface area contributed by atoms with Crippen LogP contribution in [-0.2, 0) is 35.2 Å². The minimum absolute atomic E-state index is 0.0676. The number of carboxylic acids is 1. The Bertz CT molecular complexity index is 1920. The average molecular weight is 785 g/mol. The fourth-order valence-corrected chi connectivity index (χ4v) is 8.42.